The molecule has 1 aliphatic rings. The zero-order valence-corrected chi connectivity index (χ0v) is 17.0. The van der Waals surface area contributed by atoms with Gasteiger partial charge in [-0.1, -0.05) is 24.3 Å². The molecule has 0 bridgehead atoms. The molecule has 3 aromatic heterocycles. The number of rotatable bonds is 6. The van der Waals surface area contributed by atoms with Gasteiger partial charge in [0.05, 0.1) is 19.5 Å². The second kappa shape index (κ2) is 8.29. The molecule has 31 heavy (non-hydrogen) atoms. The van der Waals surface area contributed by atoms with E-state index < -0.39 is 24.5 Å². The molecule has 4 aromatic rings. The van der Waals surface area contributed by atoms with E-state index in [2.05, 4.69) is 19.9 Å². The first kappa shape index (κ1) is 20.0. The predicted octanol–water partition coefficient (Wildman–Crippen LogP) is 1.49. The van der Waals surface area contributed by atoms with E-state index in [4.69, 9.17) is 9.47 Å². The van der Waals surface area contributed by atoms with Crippen LogP contribution in [0.4, 0.5) is 0 Å². The number of ether oxygens (including phenoxy) is 2. The number of nitrogens with zero attached hydrogens (tertiary/aromatic N) is 5. The molecule has 5 rings (SSSR count). The van der Waals surface area contributed by atoms with Gasteiger partial charge in [0.15, 0.2) is 17.4 Å². The highest BCUT2D eigenvalue weighted by molar-refractivity contribution is 7.13. The summed E-state index contributed by atoms with van der Waals surface area (Å²) in [7, 11) is 0. The number of aliphatic hydroxyl groups excluding tert-OH is 2. The van der Waals surface area contributed by atoms with Crippen LogP contribution in [0.5, 0.6) is 5.88 Å². The lowest BCUT2D eigenvalue weighted by Gasteiger charge is -2.22. The van der Waals surface area contributed by atoms with E-state index in [1.54, 1.807) is 22.1 Å². The van der Waals surface area contributed by atoms with Gasteiger partial charge in [-0.25, -0.2) is 15.0 Å². The van der Waals surface area contributed by atoms with Gasteiger partial charge in [-0.3, -0.25) is 4.57 Å². The van der Waals surface area contributed by atoms with Crippen LogP contribution in [0.25, 0.3) is 21.7 Å². The van der Waals surface area contributed by atoms with E-state index in [-0.39, 0.29) is 24.6 Å². The zero-order valence-electron chi connectivity index (χ0n) is 16.1. The summed E-state index contributed by atoms with van der Waals surface area (Å²) in [5, 5.41) is 33.0. The maximum absolute atomic E-state index is 10.7. The molecule has 0 spiro atoms. The molecule has 1 saturated heterocycles. The summed E-state index contributed by atoms with van der Waals surface area (Å²) >= 11 is 1.57. The summed E-state index contributed by atoms with van der Waals surface area (Å²) in [6.07, 6.45) is 0.958. The van der Waals surface area contributed by atoms with Crippen LogP contribution >= 0.6 is 11.3 Å². The smallest absolute Gasteiger partial charge is 0.242 e. The monoisotopic (exact) mass is 441 g/mol. The second-order valence-corrected chi connectivity index (χ2v) is 7.96. The molecule has 0 saturated carbocycles. The summed E-state index contributed by atoms with van der Waals surface area (Å²) in [5.41, 5.74) is 2.48. The highest BCUT2D eigenvalue weighted by Gasteiger charge is 2.46. The Morgan fingerprint density at radius 3 is 2.71 bits per heavy atom. The summed E-state index contributed by atoms with van der Waals surface area (Å²) in [6, 6.07) is 7.82. The fraction of sp³-hybridized carbons (Fsp3) is 0.300. The number of imidazole rings is 1. The molecular weight excluding hydrogens is 422 g/mol. The number of aliphatic hydroxyl groups is 2. The van der Waals surface area contributed by atoms with E-state index in [1.807, 2.05) is 29.6 Å². The van der Waals surface area contributed by atoms with Crippen LogP contribution in [0, 0.1) is 0 Å². The molecule has 0 aliphatic carbocycles. The Bertz CT molecular complexity index is 1170. The number of hydrogen-bond donors (Lipinski definition) is 3. The molecule has 1 fully saturated rings. The van der Waals surface area contributed by atoms with Crippen LogP contribution in [0.3, 0.4) is 0 Å². The van der Waals surface area contributed by atoms with Crippen LogP contribution < -0.4 is 0 Å². The Labute approximate surface area is 180 Å². The molecule has 1 aromatic carbocycles. The number of fused-ring (bicyclic) bond motifs is 1. The lowest BCUT2D eigenvalue weighted by Crippen LogP contribution is -2.35. The van der Waals surface area contributed by atoms with Gasteiger partial charge in [-0.05, 0) is 5.56 Å². The van der Waals surface area contributed by atoms with Crippen molar-refractivity contribution in [3.63, 3.8) is 0 Å². The Kier molecular flexibility index (Phi) is 5.34. The Balaban J connectivity index is 1.37. The molecule has 0 unspecified atom stereocenters. The maximum Gasteiger partial charge on any atom is 0.242 e. The van der Waals surface area contributed by atoms with Crippen molar-refractivity contribution < 1.29 is 24.8 Å². The zero-order chi connectivity index (χ0) is 21.4. The minimum atomic E-state index is -1.06. The molecule has 3 N–H and O–H groups in total. The highest BCUT2D eigenvalue weighted by Crippen LogP contribution is 2.35. The van der Waals surface area contributed by atoms with Gasteiger partial charge >= 0.3 is 0 Å². The molecule has 0 amide bonds. The van der Waals surface area contributed by atoms with Crippen molar-refractivity contribution in [1.29, 1.82) is 0 Å². The molecule has 160 valence electrons. The molecule has 11 heteroatoms. The number of hydrogen-bond acceptors (Lipinski definition) is 10. The van der Waals surface area contributed by atoms with Crippen LogP contribution in [0.15, 0.2) is 48.5 Å². The van der Waals surface area contributed by atoms with E-state index in [0.717, 1.165) is 16.1 Å². The lowest BCUT2D eigenvalue weighted by molar-refractivity contribution is -0.0761. The van der Waals surface area contributed by atoms with Crippen molar-refractivity contribution in [3.05, 3.63) is 54.1 Å². The molecule has 4 atom stereocenters. The van der Waals surface area contributed by atoms with Gasteiger partial charge in [-0.2, -0.15) is 4.98 Å². The number of aromatic hydroxyl groups is 1. The fourth-order valence-corrected chi connectivity index (χ4v) is 4.25. The van der Waals surface area contributed by atoms with Crippen molar-refractivity contribution in [2.75, 3.05) is 6.61 Å². The van der Waals surface area contributed by atoms with Crippen molar-refractivity contribution >= 4 is 22.5 Å². The summed E-state index contributed by atoms with van der Waals surface area (Å²) < 4.78 is 13.4. The Morgan fingerprint density at radius 1 is 1.13 bits per heavy atom. The molecule has 1 aliphatic heterocycles. The van der Waals surface area contributed by atoms with Crippen LogP contribution in [0.2, 0.25) is 0 Å². The first-order valence-corrected chi connectivity index (χ1v) is 10.4. The first-order valence-electron chi connectivity index (χ1n) is 9.57. The third-order valence-corrected chi connectivity index (χ3v) is 6.00. The fourth-order valence-electron chi connectivity index (χ4n) is 3.60. The SMILES string of the molecule is OC[C@H]1O[C@@H](n2cnc3c(O)ncnc32)[C@H](OCc2ccc(-c3nccs3)cc2)[C@@H]1O. The molecule has 10 nitrogen and oxygen atoms in total. The van der Waals surface area contributed by atoms with E-state index >= 15 is 0 Å². The van der Waals surface area contributed by atoms with Crippen LogP contribution in [-0.4, -0.2) is 64.7 Å². The largest absolute Gasteiger partial charge is 0.492 e. The van der Waals surface area contributed by atoms with E-state index in [0.29, 0.717) is 5.65 Å². The average Bonchev–Trinajstić information content (AvgIpc) is 3.52. The minimum Gasteiger partial charge on any atom is -0.492 e. The quantitative estimate of drug-likeness (QED) is 0.406. The van der Waals surface area contributed by atoms with Gasteiger partial charge in [0.1, 0.15) is 29.6 Å². The summed E-state index contributed by atoms with van der Waals surface area (Å²) in [6.45, 7) is -0.141. The Morgan fingerprint density at radius 2 is 1.97 bits per heavy atom. The minimum absolute atomic E-state index is 0.213. The first-order chi connectivity index (χ1) is 15.2. The molecule has 4 heterocycles. The topological polar surface area (TPSA) is 136 Å². The van der Waals surface area contributed by atoms with E-state index in [1.165, 1.54) is 12.7 Å². The third kappa shape index (κ3) is 3.66. The van der Waals surface area contributed by atoms with Crippen LogP contribution in [-0.2, 0) is 16.1 Å². The lowest BCUT2D eigenvalue weighted by atomic mass is 10.1. The predicted molar refractivity (Wildman–Crippen MR) is 110 cm³/mol. The maximum atomic E-state index is 10.7. The highest BCUT2D eigenvalue weighted by atomic mass is 32.1. The van der Waals surface area contributed by atoms with Gasteiger partial charge < -0.3 is 24.8 Å². The third-order valence-electron chi connectivity index (χ3n) is 5.18. The Hall–Kier alpha value is -2.96. The number of thiazole rings is 1. The van der Waals surface area contributed by atoms with Gasteiger partial charge in [-0.15, -0.1) is 11.3 Å². The van der Waals surface area contributed by atoms with Gasteiger partial charge in [0, 0.05) is 17.1 Å². The normalized spacial score (nSPS) is 23.5. The molecule has 0 radical (unpaired) electrons. The van der Waals surface area contributed by atoms with Gasteiger partial charge in [0.25, 0.3) is 0 Å². The number of aromatic nitrogens is 5. The van der Waals surface area contributed by atoms with Crippen molar-refractivity contribution in [1.82, 2.24) is 24.5 Å². The second-order valence-electron chi connectivity index (χ2n) is 7.07. The summed E-state index contributed by atoms with van der Waals surface area (Å²) in [4.78, 5) is 16.3. The van der Waals surface area contributed by atoms with Gasteiger partial charge in [0.2, 0.25) is 5.88 Å². The standard InChI is InChI=1S/C20H19N5O5S/c26-7-13-15(27)16(20(30-13)25-10-24-14-17(25)22-9-23-18(14)28)29-8-11-1-3-12(4-2-11)19-21-5-6-31-19/h1-6,9-10,13,15-16,20,26-27H,7-8H2,(H,22,23,28)/t13-,15-,16-,20-/m1/s1. The molecular formula is C20H19N5O5S. The van der Waals surface area contributed by atoms with Crippen molar-refractivity contribution in [2.24, 2.45) is 0 Å². The average molecular weight is 441 g/mol. The van der Waals surface area contributed by atoms with Crippen LogP contribution in [0.1, 0.15) is 11.8 Å². The summed E-state index contributed by atoms with van der Waals surface area (Å²) in [5.74, 6) is -0.251. The van der Waals surface area contributed by atoms with E-state index in [9.17, 15) is 15.3 Å². The van der Waals surface area contributed by atoms with Crippen molar-refractivity contribution in [2.45, 2.75) is 31.1 Å². The van der Waals surface area contributed by atoms with Crippen molar-refractivity contribution in [3.8, 4) is 16.5 Å². The number of benzene rings is 1.